The van der Waals surface area contributed by atoms with E-state index in [0.717, 1.165) is 26.1 Å². The second-order valence-corrected chi connectivity index (χ2v) is 8.35. The highest BCUT2D eigenvalue weighted by atomic mass is 35.5. The Morgan fingerprint density at radius 1 is 0.875 bits per heavy atom. The molecule has 0 atom stereocenters. The lowest BCUT2D eigenvalue weighted by Gasteiger charge is -2.22. The minimum absolute atomic E-state index is 0.309. The quantitative estimate of drug-likeness (QED) is 0.836. The van der Waals surface area contributed by atoms with Gasteiger partial charge in [-0.1, -0.05) is 41.9 Å². The molecule has 24 heavy (non-hydrogen) atoms. The fourth-order valence-electron chi connectivity index (χ4n) is 2.94. The summed E-state index contributed by atoms with van der Waals surface area (Å²) in [6.45, 7) is 3.56. The Morgan fingerprint density at radius 3 is 2.29 bits per heavy atom. The van der Waals surface area contributed by atoms with Crippen molar-refractivity contribution in [2.45, 2.75) is 17.9 Å². The van der Waals surface area contributed by atoms with Gasteiger partial charge in [0.15, 0.2) is 0 Å². The zero-order chi connectivity index (χ0) is 17.0. The maximum absolute atomic E-state index is 12.8. The first-order valence-corrected chi connectivity index (χ1v) is 9.89. The Kier molecular flexibility index (Phi) is 5.56. The monoisotopic (exact) mass is 364 g/mol. The van der Waals surface area contributed by atoms with Crippen molar-refractivity contribution in [3.05, 3.63) is 65.2 Å². The fraction of sp³-hybridized carbons (Fsp3) is 0.333. The van der Waals surface area contributed by atoms with Crippen LogP contribution >= 0.6 is 11.6 Å². The summed E-state index contributed by atoms with van der Waals surface area (Å²) in [7, 11) is -3.45. The van der Waals surface area contributed by atoms with Gasteiger partial charge >= 0.3 is 0 Å². The van der Waals surface area contributed by atoms with E-state index in [4.69, 9.17) is 11.6 Å². The van der Waals surface area contributed by atoms with Gasteiger partial charge in [0.25, 0.3) is 0 Å². The number of rotatable bonds is 4. The molecule has 0 unspecified atom stereocenters. The molecule has 1 aliphatic heterocycles. The van der Waals surface area contributed by atoms with Crippen molar-refractivity contribution in [3.8, 4) is 0 Å². The molecule has 0 N–H and O–H groups in total. The standard InChI is InChI=1S/C18H21ClN2O2S/c19-17-7-9-18(10-8-17)24(22,23)21-12-4-11-20(13-14-21)15-16-5-2-1-3-6-16/h1-3,5-10H,4,11-15H2. The van der Waals surface area contributed by atoms with Gasteiger partial charge in [-0.05, 0) is 42.8 Å². The van der Waals surface area contributed by atoms with Crippen molar-refractivity contribution in [1.82, 2.24) is 9.21 Å². The molecule has 2 aromatic carbocycles. The summed E-state index contributed by atoms with van der Waals surface area (Å²) in [5.74, 6) is 0. The first kappa shape index (κ1) is 17.4. The van der Waals surface area contributed by atoms with E-state index in [-0.39, 0.29) is 0 Å². The Balaban J connectivity index is 1.67. The second-order valence-electron chi connectivity index (χ2n) is 5.97. The summed E-state index contributed by atoms with van der Waals surface area (Å²) in [4.78, 5) is 2.62. The maximum Gasteiger partial charge on any atom is 0.243 e. The van der Waals surface area contributed by atoms with E-state index in [1.54, 1.807) is 28.6 Å². The van der Waals surface area contributed by atoms with Crippen molar-refractivity contribution in [3.63, 3.8) is 0 Å². The molecule has 1 aliphatic rings. The molecule has 0 saturated carbocycles. The summed E-state index contributed by atoms with van der Waals surface area (Å²) in [5.41, 5.74) is 1.26. The molecule has 0 bridgehead atoms. The number of hydrogen-bond donors (Lipinski definition) is 0. The number of halogens is 1. The van der Waals surface area contributed by atoms with Crippen LogP contribution in [0.4, 0.5) is 0 Å². The van der Waals surface area contributed by atoms with Crippen LogP contribution < -0.4 is 0 Å². The van der Waals surface area contributed by atoms with Gasteiger partial charge in [-0.15, -0.1) is 0 Å². The average Bonchev–Trinajstić information content (AvgIpc) is 2.82. The van der Waals surface area contributed by atoms with E-state index < -0.39 is 10.0 Å². The van der Waals surface area contributed by atoms with Gasteiger partial charge in [0.2, 0.25) is 10.0 Å². The molecule has 1 saturated heterocycles. The second kappa shape index (κ2) is 7.66. The minimum atomic E-state index is -3.45. The van der Waals surface area contributed by atoms with Crippen LogP contribution in [0, 0.1) is 0 Å². The first-order valence-electron chi connectivity index (χ1n) is 8.08. The lowest BCUT2D eigenvalue weighted by Crippen LogP contribution is -2.35. The third-order valence-electron chi connectivity index (χ3n) is 4.25. The SMILES string of the molecule is O=S(=O)(c1ccc(Cl)cc1)N1CCCN(Cc2ccccc2)CC1. The van der Waals surface area contributed by atoms with E-state index in [2.05, 4.69) is 17.0 Å². The van der Waals surface area contributed by atoms with Crippen LogP contribution in [-0.4, -0.2) is 43.8 Å². The van der Waals surface area contributed by atoms with Crippen LogP contribution in [0.1, 0.15) is 12.0 Å². The molecule has 1 fully saturated rings. The molecular weight excluding hydrogens is 344 g/mol. The van der Waals surface area contributed by atoms with Crippen LogP contribution in [0.15, 0.2) is 59.5 Å². The van der Waals surface area contributed by atoms with Gasteiger partial charge in [0, 0.05) is 31.2 Å². The highest BCUT2D eigenvalue weighted by Crippen LogP contribution is 2.20. The van der Waals surface area contributed by atoms with Crippen LogP contribution in [0.2, 0.25) is 5.02 Å². The number of nitrogens with zero attached hydrogens (tertiary/aromatic N) is 2. The van der Waals surface area contributed by atoms with Crippen molar-refractivity contribution in [2.24, 2.45) is 0 Å². The Morgan fingerprint density at radius 2 is 1.58 bits per heavy atom. The molecule has 2 aromatic rings. The zero-order valence-electron chi connectivity index (χ0n) is 13.4. The molecule has 1 heterocycles. The van der Waals surface area contributed by atoms with E-state index in [0.29, 0.717) is 23.0 Å². The predicted molar refractivity (Wildman–Crippen MR) is 96.5 cm³/mol. The fourth-order valence-corrected chi connectivity index (χ4v) is 4.54. The summed E-state index contributed by atoms with van der Waals surface area (Å²) >= 11 is 5.85. The van der Waals surface area contributed by atoms with Crippen LogP contribution in [0.25, 0.3) is 0 Å². The minimum Gasteiger partial charge on any atom is -0.298 e. The van der Waals surface area contributed by atoms with E-state index >= 15 is 0 Å². The maximum atomic E-state index is 12.8. The molecule has 0 aromatic heterocycles. The smallest absolute Gasteiger partial charge is 0.243 e. The molecule has 0 spiro atoms. The van der Waals surface area contributed by atoms with Crippen LogP contribution in [0.3, 0.4) is 0 Å². The Bertz CT molecular complexity index is 763. The summed E-state index contributed by atoms with van der Waals surface area (Å²) in [6, 6.07) is 16.7. The molecule has 0 amide bonds. The Labute approximate surface area is 148 Å². The number of benzene rings is 2. The molecule has 4 nitrogen and oxygen atoms in total. The van der Waals surface area contributed by atoms with Gasteiger partial charge in [-0.2, -0.15) is 4.31 Å². The molecular formula is C18H21ClN2O2S. The summed E-state index contributed by atoms with van der Waals surface area (Å²) < 4.78 is 27.1. The van der Waals surface area contributed by atoms with Gasteiger partial charge in [-0.3, -0.25) is 4.90 Å². The summed E-state index contributed by atoms with van der Waals surface area (Å²) in [6.07, 6.45) is 0.833. The topological polar surface area (TPSA) is 40.6 Å². The average molecular weight is 365 g/mol. The molecule has 128 valence electrons. The third kappa shape index (κ3) is 4.16. The lowest BCUT2D eigenvalue weighted by molar-refractivity contribution is 0.278. The van der Waals surface area contributed by atoms with Crippen molar-refractivity contribution in [1.29, 1.82) is 0 Å². The number of hydrogen-bond acceptors (Lipinski definition) is 3. The van der Waals surface area contributed by atoms with Gasteiger partial charge in [-0.25, -0.2) is 8.42 Å². The molecule has 0 radical (unpaired) electrons. The molecule has 3 rings (SSSR count). The number of sulfonamides is 1. The normalized spacial score (nSPS) is 17.5. The van der Waals surface area contributed by atoms with Crippen molar-refractivity contribution < 1.29 is 8.42 Å². The van der Waals surface area contributed by atoms with Crippen LogP contribution in [-0.2, 0) is 16.6 Å². The predicted octanol–water partition coefficient (Wildman–Crippen LogP) is 3.24. The highest BCUT2D eigenvalue weighted by Gasteiger charge is 2.26. The highest BCUT2D eigenvalue weighted by molar-refractivity contribution is 7.89. The van der Waals surface area contributed by atoms with Crippen molar-refractivity contribution >= 4 is 21.6 Å². The lowest BCUT2D eigenvalue weighted by atomic mass is 10.2. The molecule has 6 heteroatoms. The van der Waals surface area contributed by atoms with Gasteiger partial charge < -0.3 is 0 Å². The largest absolute Gasteiger partial charge is 0.298 e. The van der Waals surface area contributed by atoms with Crippen LogP contribution in [0.5, 0.6) is 0 Å². The third-order valence-corrected chi connectivity index (χ3v) is 6.41. The summed E-state index contributed by atoms with van der Waals surface area (Å²) in [5, 5.41) is 0.541. The molecule has 0 aliphatic carbocycles. The Hall–Kier alpha value is -1.40. The van der Waals surface area contributed by atoms with Crippen molar-refractivity contribution in [2.75, 3.05) is 26.2 Å². The van der Waals surface area contributed by atoms with E-state index in [1.165, 1.54) is 5.56 Å². The zero-order valence-corrected chi connectivity index (χ0v) is 15.0. The van der Waals surface area contributed by atoms with E-state index in [1.807, 2.05) is 18.2 Å². The van der Waals surface area contributed by atoms with Gasteiger partial charge in [0.05, 0.1) is 4.90 Å². The first-order chi connectivity index (χ1) is 11.6. The van der Waals surface area contributed by atoms with E-state index in [9.17, 15) is 8.42 Å². The van der Waals surface area contributed by atoms with Gasteiger partial charge in [0.1, 0.15) is 0 Å².